The van der Waals surface area contributed by atoms with Crippen molar-refractivity contribution < 1.29 is 18.4 Å². The molecule has 1 aromatic carbocycles. The number of carbonyl (C=O) groups excluding carboxylic acids is 2. The lowest BCUT2D eigenvalue weighted by molar-refractivity contribution is -0.138. The molecule has 2 aliphatic rings. The van der Waals surface area contributed by atoms with Crippen LogP contribution in [0.4, 0.5) is 8.78 Å². The van der Waals surface area contributed by atoms with E-state index in [4.69, 9.17) is 0 Å². The number of hydrogen-bond donors (Lipinski definition) is 1. The number of likely N-dealkylation sites (tertiary alicyclic amines) is 1. The fourth-order valence-electron chi connectivity index (χ4n) is 3.52. The van der Waals surface area contributed by atoms with Crippen molar-refractivity contribution in [2.75, 3.05) is 19.6 Å². The molecule has 2 amide bonds. The van der Waals surface area contributed by atoms with Gasteiger partial charge < -0.3 is 9.80 Å². The van der Waals surface area contributed by atoms with Gasteiger partial charge in [0.15, 0.2) is 11.6 Å². The molecule has 1 fully saturated rings. The topological polar surface area (TPSA) is 69.3 Å². The molecule has 0 atom stereocenters. The van der Waals surface area contributed by atoms with Crippen molar-refractivity contribution >= 4 is 11.8 Å². The van der Waals surface area contributed by atoms with Gasteiger partial charge in [0.05, 0.1) is 12.2 Å². The molecule has 0 aliphatic carbocycles. The fourth-order valence-corrected chi connectivity index (χ4v) is 3.52. The number of aromatic nitrogens is 2. The van der Waals surface area contributed by atoms with E-state index in [0.717, 1.165) is 29.8 Å². The largest absolute Gasteiger partial charge is 0.336 e. The number of carbonyl (C=O) groups is 2. The van der Waals surface area contributed by atoms with E-state index in [-0.39, 0.29) is 18.4 Å². The smallest absolute Gasteiger partial charge is 0.242 e. The van der Waals surface area contributed by atoms with Gasteiger partial charge in [-0.3, -0.25) is 14.7 Å². The third-order valence-electron chi connectivity index (χ3n) is 4.98. The van der Waals surface area contributed by atoms with E-state index in [9.17, 15) is 18.4 Å². The van der Waals surface area contributed by atoms with Crippen molar-refractivity contribution in [3.05, 3.63) is 41.1 Å². The van der Waals surface area contributed by atoms with Crippen LogP contribution in [0.2, 0.25) is 0 Å². The summed E-state index contributed by atoms with van der Waals surface area (Å²) in [5.74, 6) is -1.94. The highest BCUT2D eigenvalue weighted by Crippen LogP contribution is 2.29. The van der Waals surface area contributed by atoms with Crippen LogP contribution in [0.25, 0.3) is 11.3 Å². The molecule has 0 bridgehead atoms. The normalized spacial score (nSPS) is 16.9. The van der Waals surface area contributed by atoms with Crippen molar-refractivity contribution in [2.24, 2.45) is 0 Å². The number of amides is 2. The predicted octanol–water partition coefficient (Wildman–Crippen LogP) is 1.86. The molecule has 136 valence electrons. The average Bonchev–Trinajstić information content (AvgIpc) is 3.23. The Morgan fingerprint density at radius 1 is 1.19 bits per heavy atom. The number of aromatic amines is 1. The van der Waals surface area contributed by atoms with Gasteiger partial charge in [0.1, 0.15) is 0 Å². The number of halogens is 2. The number of nitrogens with one attached hydrogen (secondary N) is 1. The number of fused-ring (bicyclic) bond motifs is 1. The van der Waals surface area contributed by atoms with E-state index in [2.05, 4.69) is 10.2 Å². The molecule has 1 N–H and O–H groups in total. The minimum Gasteiger partial charge on any atom is -0.336 e. The molecule has 4 rings (SSSR count). The molecule has 2 aliphatic heterocycles. The summed E-state index contributed by atoms with van der Waals surface area (Å²) in [7, 11) is 0. The molecular formula is C18H18F2N4O2. The summed E-state index contributed by atoms with van der Waals surface area (Å²) < 4.78 is 26.7. The van der Waals surface area contributed by atoms with Crippen LogP contribution in [-0.2, 0) is 22.6 Å². The Morgan fingerprint density at radius 3 is 2.77 bits per heavy atom. The first-order valence-electron chi connectivity index (χ1n) is 8.60. The second kappa shape index (κ2) is 6.51. The van der Waals surface area contributed by atoms with Crippen LogP contribution in [0.3, 0.4) is 0 Å². The summed E-state index contributed by atoms with van der Waals surface area (Å²) in [6.45, 7) is 1.58. The first-order chi connectivity index (χ1) is 12.5. The van der Waals surface area contributed by atoms with E-state index < -0.39 is 11.6 Å². The summed E-state index contributed by atoms with van der Waals surface area (Å²) >= 11 is 0. The minimum atomic E-state index is -0.935. The molecule has 2 aromatic rings. The van der Waals surface area contributed by atoms with Crippen LogP contribution >= 0.6 is 0 Å². The third kappa shape index (κ3) is 2.95. The summed E-state index contributed by atoms with van der Waals surface area (Å²) in [5, 5.41) is 7.16. The molecular weight excluding hydrogens is 342 g/mol. The lowest BCUT2D eigenvalue weighted by Gasteiger charge is -2.29. The van der Waals surface area contributed by atoms with Gasteiger partial charge in [-0.15, -0.1) is 0 Å². The number of H-pyrrole nitrogens is 1. The molecule has 3 heterocycles. The van der Waals surface area contributed by atoms with Gasteiger partial charge in [-0.2, -0.15) is 5.10 Å². The molecule has 0 unspecified atom stereocenters. The number of rotatable bonds is 3. The Balaban J connectivity index is 1.54. The van der Waals surface area contributed by atoms with Crippen molar-refractivity contribution in [2.45, 2.75) is 25.8 Å². The summed E-state index contributed by atoms with van der Waals surface area (Å²) in [6, 6.07) is 3.64. The van der Waals surface area contributed by atoms with Crippen LogP contribution < -0.4 is 0 Å². The third-order valence-corrected chi connectivity index (χ3v) is 4.98. The molecule has 1 saturated heterocycles. The Kier molecular flexibility index (Phi) is 4.18. The quantitative estimate of drug-likeness (QED) is 0.908. The van der Waals surface area contributed by atoms with Gasteiger partial charge in [0.25, 0.3) is 0 Å². The zero-order valence-electron chi connectivity index (χ0n) is 14.1. The van der Waals surface area contributed by atoms with Crippen LogP contribution in [0, 0.1) is 11.6 Å². The number of nitrogens with zero attached hydrogens (tertiary/aromatic N) is 3. The highest BCUT2D eigenvalue weighted by Gasteiger charge is 2.29. The van der Waals surface area contributed by atoms with Crippen molar-refractivity contribution in [3.8, 4) is 11.3 Å². The first kappa shape index (κ1) is 16.7. The van der Waals surface area contributed by atoms with Crippen LogP contribution in [0.5, 0.6) is 0 Å². The predicted molar refractivity (Wildman–Crippen MR) is 88.9 cm³/mol. The van der Waals surface area contributed by atoms with E-state index in [1.54, 1.807) is 9.80 Å². The maximum absolute atomic E-state index is 13.6. The second-order valence-electron chi connectivity index (χ2n) is 6.64. The molecule has 26 heavy (non-hydrogen) atoms. The maximum atomic E-state index is 13.6. The van der Waals surface area contributed by atoms with Crippen LogP contribution in [0.1, 0.15) is 24.1 Å². The summed E-state index contributed by atoms with van der Waals surface area (Å²) in [4.78, 5) is 27.6. The van der Waals surface area contributed by atoms with Gasteiger partial charge in [-0.25, -0.2) is 8.78 Å². The molecule has 0 radical (unpaired) electrons. The standard InChI is InChI=1S/C18H18F2N4O2/c19-13-4-3-11(8-14(13)20)18-12-9-24(7-5-15(12)21-22-18)17(26)10-23-6-1-2-16(23)25/h3-4,8H,1-2,5-7,9-10H2,(H,21,22). The average molecular weight is 360 g/mol. The van der Waals surface area contributed by atoms with Gasteiger partial charge >= 0.3 is 0 Å². The van der Waals surface area contributed by atoms with Crippen molar-refractivity contribution in [1.29, 1.82) is 0 Å². The first-order valence-corrected chi connectivity index (χ1v) is 8.60. The zero-order chi connectivity index (χ0) is 18.3. The van der Waals surface area contributed by atoms with Crippen LogP contribution in [0.15, 0.2) is 18.2 Å². The van der Waals surface area contributed by atoms with E-state index >= 15 is 0 Å². The summed E-state index contributed by atoms with van der Waals surface area (Å²) in [6.07, 6.45) is 1.89. The van der Waals surface area contributed by atoms with Crippen molar-refractivity contribution in [3.63, 3.8) is 0 Å². The second-order valence-corrected chi connectivity index (χ2v) is 6.64. The van der Waals surface area contributed by atoms with Gasteiger partial charge in [-0.05, 0) is 24.6 Å². The van der Waals surface area contributed by atoms with Gasteiger partial charge in [0, 0.05) is 49.3 Å². The van der Waals surface area contributed by atoms with Crippen molar-refractivity contribution in [1.82, 2.24) is 20.0 Å². The maximum Gasteiger partial charge on any atom is 0.242 e. The molecule has 0 saturated carbocycles. The summed E-state index contributed by atoms with van der Waals surface area (Å²) in [5.41, 5.74) is 2.69. The van der Waals surface area contributed by atoms with E-state index in [1.807, 2.05) is 0 Å². The number of hydrogen-bond acceptors (Lipinski definition) is 3. The molecule has 0 spiro atoms. The lowest BCUT2D eigenvalue weighted by atomic mass is 10.0. The minimum absolute atomic E-state index is 0.0156. The molecule has 8 heteroatoms. The molecule has 6 nitrogen and oxygen atoms in total. The Morgan fingerprint density at radius 2 is 2.04 bits per heavy atom. The van der Waals surface area contributed by atoms with Crippen LogP contribution in [-0.4, -0.2) is 51.4 Å². The fraction of sp³-hybridized carbons (Fsp3) is 0.389. The highest BCUT2D eigenvalue weighted by molar-refractivity contribution is 5.86. The highest BCUT2D eigenvalue weighted by atomic mass is 19.2. The van der Waals surface area contributed by atoms with Gasteiger partial charge in [0.2, 0.25) is 11.8 Å². The lowest BCUT2D eigenvalue weighted by Crippen LogP contribution is -2.43. The number of benzene rings is 1. The Bertz CT molecular complexity index is 880. The Hall–Kier alpha value is -2.77. The van der Waals surface area contributed by atoms with E-state index in [0.29, 0.717) is 43.7 Å². The SMILES string of the molecule is O=C1CCCN1CC(=O)N1CCc2[nH]nc(-c3ccc(F)c(F)c3)c2C1. The Labute approximate surface area is 148 Å². The van der Waals surface area contributed by atoms with Gasteiger partial charge in [-0.1, -0.05) is 0 Å². The monoisotopic (exact) mass is 360 g/mol. The van der Waals surface area contributed by atoms with E-state index in [1.165, 1.54) is 6.07 Å². The zero-order valence-corrected chi connectivity index (χ0v) is 14.1. The molecule has 1 aromatic heterocycles.